The van der Waals surface area contributed by atoms with Crippen LogP contribution in [0, 0.1) is 29.1 Å². The van der Waals surface area contributed by atoms with Crippen molar-refractivity contribution in [3.8, 4) is 5.75 Å². The van der Waals surface area contributed by atoms with Crippen LogP contribution < -0.4 is 4.74 Å². The van der Waals surface area contributed by atoms with Crippen LogP contribution in [-0.2, 0) is 17.8 Å². The lowest BCUT2D eigenvalue weighted by Gasteiger charge is -2.52. The molecule has 5 rings (SSSR count). The second-order valence-electron chi connectivity index (χ2n) is 15.2. The minimum Gasteiger partial charge on any atom is -0.489 e. The number of allylic oxidation sites excluding steroid dienone is 2. The Morgan fingerprint density at radius 1 is 1.02 bits per heavy atom. The Balaban J connectivity index is 1.14. The maximum atomic E-state index is 12.3. The SMILES string of the molecule is CC(C)CN(C)C(=O)CCCCCCCCC=C[C@@H]1Cc2cc(OCc3ccccc3)ccc2C2CC[C@@]3(C)C(CC[C@@H]3O)C21. The van der Waals surface area contributed by atoms with Crippen LogP contribution in [0.5, 0.6) is 5.75 Å². The molecule has 1 amide bonds. The summed E-state index contributed by atoms with van der Waals surface area (Å²) in [7, 11) is 1.94. The molecule has 0 radical (unpaired) electrons. The van der Waals surface area contributed by atoms with E-state index in [1.165, 1.54) is 48.8 Å². The van der Waals surface area contributed by atoms with Crippen LogP contribution >= 0.6 is 0 Å². The molecule has 0 heterocycles. The van der Waals surface area contributed by atoms with E-state index in [1.807, 2.05) is 18.0 Å². The Bertz CT molecular complexity index is 1250. The van der Waals surface area contributed by atoms with Crippen molar-refractivity contribution in [2.45, 2.75) is 123 Å². The Hall–Kier alpha value is -2.59. The number of unbranched alkanes of at least 4 members (excludes halogenated alkanes) is 6. The van der Waals surface area contributed by atoms with Crippen LogP contribution in [0.1, 0.15) is 120 Å². The molecular weight excluding hydrogens is 554 g/mol. The third kappa shape index (κ3) is 8.42. The molecule has 2 fully saturated rings. The minimum absolute atomic E-state index is 0.0674. The van der Waals surface area contributed by atoms with E-state index in [9.17, 15) is 9.90 Å². The summed E-state index contributed by atoms with van der Waals surface area (Å²) >= 11 is 0. The van der Waals surface area contributed by atoms with Crippen LogP contribution in [-0.4, -0.2) is 35.6 Å². The molecule has 0 saturated heterocycles. The van der Waals surface area contributed by atoms with Crippen molar-refractivity contribution in [3.63, 3.8) is 0 Å². The monoisotopic (exact) mass is 613 g/mol. The van der Waals surface area contributed by atoms with Gasteiger partial charge in [0.05, 0.1) is 6.10 Å². The van der Waals surface area contributed by atoms with Crippen LogP contribution in [0.4, 0.5) is 0 Å². The summed E-state index contributed by atoms with van der Waals surface area (Å²) in [5.74, 6) is 4.10. The first kappa shape index (κ1) is 33.8. The number of hydrogen-bond donors (Lipinski definition) is 1. The number of fused-ring (bicyclic) bond motifs is 5. The van der Waals surface area contributed by atoms with Gasteiger partial charge in [0.1, 0.15) is 12.4 Å². The van der Waals surface area contributed by atoms with E-state index >= 15 is 0 Å². The minimum atomic E-state index is -0.151. The molecule has 3 aliphatic rings. The molecule has 2 aromatic rings. The highest BCUT2D eigenvalue weighted by Gasteiger charge is 2.56. The molecule has 0 bridgehead atoms. The molecule has 246 valence electrons. The zero-order valence-corrected chi connectivity index (χ0v) is 28.6. The molecule has 4 heteroatoms. The Labute approximate surface area is 273 Å². The second kappa shape index (κ2) is 15.8. The van der Waals surface area contributed by atoms with E-state index in [0.717, 1.165) is 57.2 Å². The Kier molecular flexibility index (Phi) is 11.9. The molecule has 2 aromatic carbocycles. The number of aliphatic hydroxyl groups is 1. The van der Waals surface area contributed by atoms with Crippen molar-refractivity contribution < 1.29 is 14.6 Å². The number of ether oxygens (including phenoxy) is 1. The van der Waals surface area contributed by atoms with E-state index in [-0.39, 0.29) is 11.5 Å². The lowest BCUT2D eigenvalue weighted by atomic mass is 9.52. The summed E-state index contributed by atoms with van der Waals surface area (Å²) in [6.45, 7) is 8.15. The fourth-order valence-electron chi connectivity index (χ4n) is 9.02. The molecule has 0 aromatic heterocycles. The average molecular weight is 614 g/mol. The summed E-state index contributed by atoms with van der Waals surface area (Å²) in [6.07, 6.45) is 19.4. The predicted molar refractivity (Wildman–Crippen MR) is 185 cm³/mol. The molecule has 3 unspecified atom stereocenters. The van der Waals surface area contributed by atoms with Crippen LogP contribution in [0.3, 0.4) is 0 Å². The summed E-state index contributed by atoms with van der Waals surface area (Å²) in [6, 6.07) is 17.3. The van der Waals surface area contributed by atoms with E-state index in [4.69, 9.17) is 4.74 Å². The predicted octanol–water partition coefficient (Wildman–Crippen LogP) is 9.50. The molecule has 3 aliphatic carbocycles. The maximum absolute atomic E-state index is 12.3. The quantitative estimate of drug-likeness (QED) is 0.161. The number of carbonyl (C=O) groups is 1. The fourth-order valence-corrected chi connectivity index (χ4v) is 9.02. The van der Waals surface area contributed by atoms with E-state index in [2.05, 4.69) is 75.4 Å². The van der Waals surface area contributed by atoms with Crippen LogP contribution in [0.25, 0.3) is 0 Å². The van der Waals surface area contributed by atoms with Gasteiger partial charge in [-0.15, -0.1) is 0 Å². The lowest BCUT2D eigenvalue weighted by Crippen LogP contribution is -2.46. The van der Waals surface area contributed by atoms with Gasteiger partial charge in [-0.05, 0) is 115 Å². The van der Waals surface area contributed by atoms with Gasteiger partial charge < -0.3 is 14.7 Å². The third-order valence-corrected chi connectivity index (χ3v) is 11.5. The first-order chi connectivity index (χ1) is 21.8. The van der Waals surface area contributed by atoms with E-state index < -0.39 is 0 Å². The molecular formula is C41H59NO3. The standard InChI is InChI=1S/C41H59NO3/c1-30(2)28-42(4)39(44)19-15-10-8-6-5-7-9-14-18-32-26-33-27-34(45-29-31-16-12-11-13-17-31)20-21-35(33)36-24-25-41(3)37(40(32)36)22-23-38(41)43/h11-14,16-18,20-21,27,30,32,36-38,40,43H,5-10,15,19,22-26,28-29H2,1-4H3/t32-,36?,37?,38+,40?,41+/m1/s1. The molecule has 2 saturated carbocycles. The van der Waals surface area contributed by atoms with Gasteiger partial charge in [-0.3, -0.25) is 4.79 Å². The molecule has 6 atom stereocenters. The number of carbonyl (C=O) groups excluding carboxylic acids is 1. The number of aliphatic hydroxyl groups excluding tert-OH is 1. The Morgan fingerprint density at radius 3 is 2.56 bits per heavy atom. The first-order valence-corrected chi connectivity index (χ1v) is 18.1. The highest BCUT2D eigenvalue weighted by Crippen LogP contribution is 2.62. The smallest absolute Gasteiger partial charge is 0.222 e. The zero-order valence-electron chi connectivity index (χ0n) is 28.6. The fraction of sp³-hybridized carbons (Fsp3) is 0.634. The summed E-state index contributed by atoms with van der Waals surface area (Å²) < 4.78 is 6.26. The third-order valence-electron chi connectivity index (χ3n) is 11.5. The highest BCUT2D eigenvalue weighted by molar-refractivity contribution is 5.75. The van der Waals surface area contributed by atoms with Crippen LogP contribution in [0.15, 0.2) is 60.7 Å². The zero-order chi connectivity index (χ0) is 31.8. The van der Waals surface area contributed by atoms with Gasteiger partial charge in [0.2, 0.25) is 5.91 Å². The Morgan fingerprint density at radius 2 is 1.78 bits per heavy atom. The number of nitrogens with zero attached hydrogens (tertiary/aromatic N) is 1. The lowest BCUT2D eigenvalue weighted by molar-refractivity contribution is -0.130. The first-order valence-electron chi connectivity index (χ1n) is 18.1. The van der Waals surface area contributed by atoms with Gasteiger partial charge in [0, 0.05) is 20.0 Å². The molecule has 1 N–H and O–H groups in total. The number of rotatable bonds is 15. The van der Waals surface area contributed by atoms with Crippen molar-refractivity contribution in [2.24, 2.45) is 29.1 Å². The molecule has 4 nitrogen and oxygen atoms in total. The van der Waals surface area contributed by atoms with E-state index in [1.54, 1.807) is 0 Å². The number of benzene rings is 2. The summed E-state index contributed by atoms with van der Waals surface area (Å²) in [5, 5.41) is 11.0. The molecule has 0 aliphatic heterocycles. The molecule has 0 spiro atoms. The number of hydrogen-bond acceptors (Lipinski definition) is 3. The maximum Gasteiger partial charge on any atom is 0.222 e. The van der Waals surface area contributed by atoms with Gasteiger partial charge in [0.15, 0.2) is 0 Å². The van der Waals surface area contributed by atoms with Gasteiger partial charge >= 0.3 is 0 Å². The van der Waals surface area contributed by atoms with Gasteiger partial charge in [-0.2, -0.15) is 0 Å². The summed E-state index contributed by atoms with van der Waals surface area (Å²) in [4.78, 5) is 14.2. The topological polar surface area (TPSA) is 49.8 Å². The van der Waals surface area contributed by atoms with Crippen molar-refractivity contribution in [2.75, 3.05) is 13.6 Å². The van der Waals surface area contributed by atoms with Crippen LogP contribution in [0.2, 0.25) is 0 Å². The van der Waals surface area contributed by atoms with E-state index in [0.29, 0.717) is 48.5 Å². The highest BCUT2D eigenvalue weighted by atomic mass is 16.5. The van der Waals surface area contributed by atoms with Crippen molar-refractivity contribution in [1.82, 2.24) is 4.90 Å². The van der Waals surface area contributed by atoms with Gasteiger partial charge in [0.25, 0.3) is 0 Å². The largest absolute Gasteiger partial charge is 0.489 e. The van der Waals surface area contributed by atoms with Crippen molar-refractivity contribution >= 4 is 5.91 Å². The van der Waals surface area contributed by atoms with Crippen molar-refractivity contribution in [1.29, 1.82) is 0 Å². The van der Waals surface area contributed by atoms with Crippen molar-refractivity contribution in [3.05, 3.63) is 77.4 Å². The normalized spacial score (nSPS) is 27.3. The second-order valence-corrected chi connectivity index (χ2v) is 15.2. The van der Waals surface area contributed by atoms with Gasteiger partial charge in [-0.25, -0.2) is 0 Å². The molecule has 45 heavy (non-hydrogen) atoms. The summed E-state index contributed by atoms with van der Waals surface area (Å²) in [5.41, 5.74) is 4.26. The number of amides is 1. The average Bonchev–Trinajstić information content (AvgIpc) is 3.34. The van der Waals surface area contributed by atoms with Gasteiger partial charge in [-0.1, -0.05) is 95.0 Å².